The van der Waals surface area contributed by atoms with E-state index in [1.807, 2.05) is 0 Å². The van der Waals surface area contributed by atoms with Crippen molar-refractivity contribution in [2.24, 2.45) is 11.8 Å². The Morgan fingerprint density at radius 1 is 1.04 bits per heavy atom. The summed E-state index contributed by atoms with van der Waals surface area (Å²) in [6, 6.07) is 4.62. The zero-order valence-electron chi connectivity index (χ0n) is 14.4. The predicted octanol–water partition coefficient (Wildman–Crippen LogP) is 1.81. The molecule has 9 heteroatoms. The summed E-state index contributed by atoms with van der Waals surface area (Å²) in [7, 11) is -3.60. The van der Waals surface area contributed by atoms with E-state index in [0.717, 1.165) is 25.7 Å². The van der Waals surface area contributed by atoms with Gasteiger partial charge in [0.2, 0.25) is 10.0 Å². The minimum atomic E-state index is -3.60. The van der Waals surface area contributed by atoms with E-state index in [-0.39, 0.29) is 10.8 Å². The molecule has 3 rings (SSSR count). The maximum Gasteiger partial charge on any atom is 0.404 e. The molecule has 0 aromatic heterocycles. The van der Waals surface area contributed by atoms with Gasteiger partial charge in [-0.3, -0.25) is 0 Å². The van der Waals surface area contributed by atoms with Gasteiger partial charge in [0.15, 0.2) is 11.5 Å². The molecular formula is C17H24N2O6S. The molecule has 1 aliphatic heterocycles. The van der Waals surface area contributed by atoms with Gasteiger partial charge in [-0.1, -0.05) is 0 Å². The average molecular weight is 384 g/mol. The third-order valence-electron chi connectivity index (χ3n) is 4.89. The minimum Gasteiger partial charge on any atom is -0.486 e. The number of hydrogen-bond acceptors (Lipinski definition) is 5. The first-order valence-corrected chi connectivity index (χ1v) is 10.3. The molecule has 1 aromatic carbocycles. The van der Waals surface area contributed by atoms with Crippen LogP contribution in [-0.4, -0.2) is 45.9 Å². The number of ether oxygens (including phenoxy) is 2. The monoisotopic (exact) mass is 384 g/mol. The maximum absolute atomic E-state index is 12.5. The molecular weight excluding hydrogens is 360 g/mol. The van der Waals surface area contributed by atoms with Crippen molar-refractivity contribution < 1.29 is 27.8 Å². The van der Waals surface area contributed by atoms with Gasteiger partial charge in [0, 0.05) is 19.2 Å². The Morgan fingerprint density at radius 3 is 2.31 bits per heavy atom. The number of amides is 1. The number of carbonyl (C=O) groups is 1. The molecule has 2 aliphatic rings. The summed E-state index contributed by atoms with van der Waals surface area (Å²) in [5.74, 6) is 1.61. The standard InChI is InChI=1S/C17H24N2O6S/c20-17(21)18-10-12-1-3-13(4-2-12)11-19-26(22,23)14-5-6-15-16(9-14)25-8-7-24-15/h5-6,9,12-13,18-19H,1-4,7-8,10-11H2,(H,20,21). The smallest absolute Gasteiger partial charge is 0.404 e. The average Bonchev–Trinajstić information content (AvgIpc) is 2.65. The highest BCUT2D eigenvalue weighted by atomic mass is 32.2. The van der Waals surface area contributed by atoms with Gasteiger partial charge in [0.1, 0.15) is 13.2 Å². The Bertz CT molecular complexity index is 744. The fourth-order valence-electron chi connectivity index (χ4n) is 3.37. The van der Waals surface area contributed by atoms with Gasteiger partial charge in [-0.25, -0.2) is 17.9 Å². The molecule has 3 N–H and O–H groups in total. The van der Waals surface area contributed by atoms with Crippen LogP contribution in [0.2, 0.25) is 0 Å². The second-order valence-corrected chi connectivity index (χ2v) is 8.50. The van der Waals surface area contributed by atoms with Gasteiger partial charge >= 0.3 is 6.09 Å². The van der Waals surface area contributed by atoms with Gasteiger partial charge in [0.05, 0.1) is 4.90 Å². The Hall–Kier alpha value is -2.00. The van der Waals surface area contributed by atoms with E-state index in [9.17, 15) is 13.2 Å². The van der Waals surface area contributed by atoms with Crippen molar-refractivity contribution in [3.05, 3.63) is 18.2 Å². The van der Waals surface area contributed by atoms with Gasteiger partial charge in [-0.15, -0.1) is 0 Å². The van der Waals surface area contributed by atoms with E-state index in [1.54, 1.807) is 6.07 Å². The molecule has 0 spiro atoms. The number of fused-ring (bicyclic) bond motifs is 1. The molecule has 0 saturated heterocycles. The summed E-state index contributed by atoms with van der Waals surface area (Å²) >= 11 is 0. The van der Waals surface area contributed by atoms with Crippen LogP contribution in [0, 0.1) is 11.8 Å². The largest absolute Gasteiger partial charge is 0.486 e. The fourth-order valence-corrected chi connectivity index (χ4v) is 4.50. The van der Waals surface area contributed by atoms with Crippen LogP contribution in [0.15, 0.2) is 23.1 Å². The lowest BCUT2D eigenvalue weighted by molar-refractivity contribution is 0.171. The SMILES string of the molecule is O=C(O)NCC1CCC(CNS(=O)(=O)c2ccc3c(c2)OCCO3)CC1. The topological polar surface area (TPSA) is 114 Å². The van der Waals surface area contributed by atoms with Crippen molar-refractivity contribution in [2.45, 2.75) is 30.6 Å². The second-order valence-electron chi connectivity index (χ2n) is 6.73. The van der Waals surface area contributed by atoms with Crippen LogP contribution < -0.4 is 19.5 Å². The molecule has 1 aliphatic carbocycles. The van der Waals surface area contributed by atoms with Gasteiger partial charge in [-0.05, 0) is 49.7 Å². The van der Waals surface area contributed by atoms with Crippen molar-refractivity contribution in [3.63, 3.8) is 0 Å². The Morgan fingerprint density at radius 2 is 1.65 bits per heavy atom. The number of nitrogens with one attached hydrogen (secondary N) is 2. The molecule has 1 amide bonds. The van der Waals surface area contributed by atoms with Crippen LogP contribution in [0.5, 0.6) is 11.5 Å². The molecule has 0 unspecified atom stereocenters. The van der Waals surface area contributed by atoms with Crippen LogP contribution in [0.3, 0.4) is 0 Å². The zero-order chi connectivity index (χ0) is 18.6. The molecule has 1 aromatic rings. The van der Waals surface area contributed by atoms with Crippen molar-refractivity contribution >= 4 is 16.1 Å². The summed E-state index contributed by atoms with van der Waals surface area (Å²) in [6.07, 6.45) is 2.57. The molecule has 8 nitrogen and oxygen atoms in total. The van der Waals surface area contributed by atoms with Crippen LogP contribution >= 0.6 is 0 Å². The summed E-state index contributed by atoms with van der Waals surface area (Å²) in [5, 5.41) is 11.1. The Balaban J connectivity index is 1.51. The van der Waals surface area contributed by atoms with Crippen LogP contribution in [0.4, 0.5) is 4.79 Å². The normalized spacial score (nSPS) is 22.6. The van der Waals surface area contributed by atoms with E-state index in [2.05, 4.69) is 10.0 Å². The summed E-state index contributed by atoms with van der Waals surface area (Å²) < 4.78 is 38.6. The van der Waals surface area contributed by atoms with Crippen molar-refractivity contribution in [1.29, 1.82) is 0 Å². The summed E-state index contributed by atoms with van der Waals surface area (Å²) in [4.78, 5) is 10.7. The first-order chi connectivity index (χ1) is 12.4. The first-order valence-electron chi connectivity index (χ1n) is 8.80. The van der Waals surface area contributed by atoms with Crippen molar-refractivity contribution in [3.8, 4) is 11.5 Å². The third kappa shape index (κ3) is 4.79. The Kier molecular flexibility index (Phi) is 5.87. The second kappa shape index (κ2) is 8.13. The molecule has 1 heterocycles. The van der Waals surface area contributed by atoms with Crippen LogP contribution in [0.25, 0.3) is 0 Å². The van der Waals surface area contributed by atoms with Crippen molar-refractivity contribution in [1.82, 2.24) is 10.0 Å². The highest BCUT2D eigenvalue weighted by Crippen LogP contribution is 2.32. The van der Waals surface area contributed by atoms with Crippen molar-refractivity contribution in [2.75, 3.05) is 26.3 Å². The highest BCUT2D eigenvalue weighted by Gasteiger charge is 2.24. The number of benzene rings is 1. The predicted molar refractivity (Wildman–Crippen MR) is 94.1 cm³/mol. The molecule has 0 radical (unpaired) electrons. The van der Waals surface area contributed by atoms with E-state index < -0.39 is 16.1 Å². The number of sulfonamides is 1. The minimum absolute atomic E-state index is 0.168. The highest BCUT2D eigenvalue weighted by molar-refractivity contribution is 7.89. The van der Waals surface area contributed by atoms with E-state index in [4.69, 9.17) is 14.6 Å². The van der Waals surface area contributed by atoms with E-state index in [0.29, 0.717) is 43.7 Å². The van der Waals surface area contributed by atoms with Crippen LogP contribution in [0.1, 0.15) is 25.7 Å². The third-order valence-corrected chi connectivity index (χ3v) is 6.32. The fraction of sp³-hybridized carbons (Fsp3) is 0.588. The Labute approximate surface area is 152 Å². The number of rotatable bonds is 6. The molecule has 0 bridgehead atoms. The van der Waals surface area contributed by atoms with Gasteiger partial charge < -0.3 is 19.9 Å². The lowest BCUT2D eigenvalue weighted by atomic mass is 9.82. The van der Waals surface area contributed by atoms with E-state index >= 15 is 0 Å². The summed E-state index contributed by atoms with van der Waals surface area (Å²) in [5.41, 5.74) is 0. The molecule has 1 saturated carbocycles. The lowest BCUT2D eigenvalue weighted by Gasteiger charge is -2.28. The summed E-state index contributed by atoms with van der Waals surface area (Å²) in [6.45, 7) is 1.72. The molecule has 26 heavy (non-hydrogen) atoms. The lowest BCUT2D eigenvalue weighted by Crippen LogP contribution is -2.34. The maximum atomic E-state index is 12.5. The van der Waals surface area contributed by atoms with Gasteiger partial charge in [0.25, 0.3) is 0 Å². The number of carboxylic acid groups (broad SMARTS) is 1. The van der Waals surface area contributed by atoms with E-state index in [1.165, 1.54) is 12.1 Å². The zero-order valence-corrected chi connectivity index (χ0v) is 15.3. The quantitative estimate of drug-likeness (QED) is 0.689. The van der Waals surface area contributed by atoms with Crippen LogP contribution in [-0.2, 0) is 10.0 Å². The molecule has 0 atom stereocenters. The first kappa shape index (κ1) is 18.8. The molecule has 144 valence electrons. The number of hydrogen-bond donors (Lipinski definition) is 3. The molecule has 1 fully saturated rings. The van der Waals surface area contributed by atoms with Gasteiger partial charge in [-0.2, -0.15) is 0 Å².